The van der Waals surface area contributed by atoms with Gasteiger partial charge in [0.1, 0.15) is 5.76 Å². The van der Waals surface area contributed by atoms with Crippen LogP contribution in [0, 0.1) is 0 Å². The normalized spacial score (nSPS) is 12.2. The van der Waals surface area contributed by atoms with Crippen molar-refractivity contribution in [2.45, 2.75) is 17.9 Å². The number of furan rings is 1. The van der Waals surface area contributed by atoms with Crippen LogP contribution in [0.5, 0.6) is 0 Å². The molecule has 0 saturated carbocycles. The summed E-state index contributed by atoms with van der Waals surface area (Å²) >= 11 is 0. The van der Waals surface area contributed by atoms with Crippen LogP contribution in [0.3, 0.4) is 0 Å². The largest absolute Gasteiger partial charge is 0.469 e. The highest BCUT2D eigenvalue weighted by Crippen LogP contribution is 2.08. The fraction of sp³-hybridized carbons (Fsp3) is 0.267. The molecule has 4 N–H and O–H groups in total. The number of nitrogens with two attached hydrogens (primary N) is 1. The molecule has 0 spiro atoms. The Morgan fingerprint density at radius 3 is 2.52 bits per heavy atom. The molecular formula is C15H20N4O3S. The van der Waals surface area contributed by atoms with Gasteiger partial charge in [-0.15, -0.1) is 0 Å². The van der Waals surface area contributed by atoms with Crippen molar-refractivity contribution in [2.24, 2.45) is 10.1 Å². The molecule has 0 fully saturated rings. The molecule has 124 valence electrons. The first-order chi connectivity index (χ1) is 11.0. The summed E-state index contributed by atoms with van der Waals surface area (Å²) in [6.45, 7) is 1.21. The lowest BCUT2D eigenvalue weighted by atomic mass is 10.2. The molecule has 7 nitrogen and oxygen atoms in total. The fourth-order valence-electron chi connectivity index (χ4n) is 1.96. The maximum absolute atomic E-state index is 11.2. The maximum Gasteiger partial charge on any atom is 0.238 e. The molecule has 8 heteroatoms. The molecule has 0 aliphatic heterocycles. The van der Waals surface area contributed by atoms with E-state index in [0.717, 1.165) is 17.7 Å². The van der Waals surface area contributed by atoms with E-state index in [-0.39, 0.29) is 4.90 Å². The van der Waals surface area contributed by atoms with Crippen molar-refractivity contribution in [2.75, 3.05) is 13.6 Å². The highest BCUT2D eigenvalue weighted by Gasteiger charge is 2.07. The first-order valence-corrected chi connectivity index (χ1v) is 8.62. The van der Waals surface area contributed by atoms with Crippen LogP contribution < -0.4 is 15.8 Å². The van der Waals surface area contributed by atoms with E-state index in [1.54, 1.807) is 25.4 Å². The molecule has 0 bridgehead atoms. The fourth-order valence-corrected chi connectivity index (χ4v) is 2.48. The van der Waals surface area contributed by atoms with Crippen molar-refractivity contribution in [1.82, 2.24) is 10.6 Å². The van der Waals surface area contributed by atoms with Crippen LogP contribution in [0.4, 0.5) is 0 Å². The molecule has 2 aromatic rings. The Labute approximate surface area is 135 Å². The van der Waals surface area contributed by atoms with Crippen LogP contribution in [-0.2, 0) is 23.0 Å². The van der Waals surface area contributed by atoms with Gasteiger partial charge in [0.15, 0.2) is 5.96 Å². The lowest BCUT2D eigenvalue weighted by Gasteiger charge is -2.11. The minimum atomic E-state index is -3.65. The van der Waals surface area contributed by atoms with Crippen molar-refractivity contribution < 1.29 is 12.8 Å². The lowest BCUT2D eigenvalue weighted by molar-refractivity contribution is 0.507. The predicted octanol–water partition coefficient (Wildman–Crippen LogP) is 0.835. The van der Waals surface area contributed by atoms with Crippen LogP contribution in [0.25, 0.3) is 0 Å². The molecule has 0 aliphatic carbocycles. The summed E-state index contributed by atoms with van der Waals surface area (Å²) in [5.41, 5.74) is 0.923. The summed E-state index contributed by atoms with van der Waals surface area (Å²) in [6, 6.07) is 10.2. The third kappa shape index (κ3) is 5.42. The molecule has 0 saturated heterocycles. The van der Waals surface area contributed by atoms with Crippen LogP contribution in [-0.4, -0.2) is 28.0 Å². The first kappa shape index (κ1) is 17.0. The Morgan fingerprint density at radius 2 is 1.96 bits per heavy atom. The molecule has 1 aromatic heterocycles. The predicted molar refractivity (Wildman–Crippen MR) is 88.4 cm³/mol. The van der Waals surface area contributed by atoms with Gasteiger partial charge in [-0.25, -0.2) is 13.6 Å². The molecule has 23 heavy (non-hydrogen) atoms. The molecule has 2 rings (SSSR count). The van der Waals surface area contributed by atoms with Gasteiger partial charge >= 0.3 is 0 Å². The standard InChI is InChI=1S/C15H20N4O3S/c1-17-15(18-9-8-13-3-2-10-22-13)19-11-12-4-6-14(7-5-12)23(16,20)21/h2-7,10H,8-9,11H2,1H3,(H2,16,20,21)(H2,17,18,19). The van der Waals surface area contributed by atoms with Gasteiger partial charge in [-0.2, -0.15) is 0 Å². The summed E-state index contributed by atoms with van der Waals surface area (Å²) in [5, 5.41) is 11.4. The quantitative estimate of drug-likeness (QED) is 0.535. The second-order valence-electron chi connectivity index (χ2n) is 4.87. The summed E-state index contributed by atoms with van der Waals surface area (Å²) in [4.78, 5) is 4.23. The zero-order valence-corrected chi connectivity index (χ0v) is 13.6. The van der Waals surface area contributed by atoms with E-state index in [9.17, 15) is 8.42 Å². The number of primary sulfonamides is 1. The minimum absolute atomic E-state index is 0.0993. The molecule has 0 radical (unpaired) electrons. The van der Waals surface area contributed by atoms with Gasteiger partial charge in [-0.05, 0) is 29.8 Å². The van der Waals surface area contributed by atoms with E-state index < -0.39 is 10.0 Å². The van der Waals surface area contributed by atoms with Gasteiger partial charge in [0.05, 0.1) is 11.2 Å². The SMILES string of the molecule is CN=C(NCCc1ccco1)NCc1ccc(S(N)(=O)=O)cc1. The third-order valence-electron chi connectivity index (χ3n) is 3.18. The molecule has 0 atom stereocenters. The number of benzene rings is 1. The molecule has 0 amide bonds. The topological polar surface area (TPSA) is 110 Å². The van der Waals surface area contributed by atoms with Crippen molar-refractivity contribution in [3.05, 3.63) is 54.0 Å². The van der Waals surface area contributed by atoms with Crippen molar-refractivity contribution in [1.29, 1.82) is 0 Å². The van der Waals surface area contributed by atoms with Crippen molar-refractivity contribution in [3.63, 3.8) is 0 Å². The second kappa shape index (κ2) is 7.80. The number of nitrogens with one attached hydrogen (secondary N) is 2. The van der Waals surface area contributed by atoms with Crippen molar-refractivity contribution >= 4 is 16.0 Å². The summed E-state index contributed by atoms with van der Waals surface area (Å²) in [6.07, 6.45) is 2.41. The van der Waals surface area contributed by atoms with E-state index in [0.29, 0.717) is 19.0 Å². The third-order valence-corrected chi connectivity index (χ3v) is 4.11. The highest BCUT2D eigenvalue weighted by atomic mass is 32.2. The molecule has 0 aliphatic rings. The Balaban J connectivity index is 1.81. The minimum Gasteiger partial charge on any atom is -0.469 e. The average molecular weight is 336 g/mol. The van der Waals surface area contributed by atoms with E-state index in [1.165, 1.54) is 12.1 Å². The molecule has 0 unspecified atom stereocenters. The number of hydrogen-bond acceptors (Lipinski definition) is 4. The van der Waals surface area contributed by atoms with E-state index in [4.69, 9.17) is 9.56 Å². The van der Waals surface area contributed by atoms with Crippen LogP contribution in [0.15, 0.2) is 57.0 Å². The Bertz CT molecular complexity index is 738. The second-order valence-corrected chi connectivity index (χ2v) is 6.43. The van der Waals surface area contributed by atoms with E-state index in [2.05, 4.69) is 15.6 Å². The zero-order chi connectivity index (χ0) is 16.7. The van der Waals surface area contributed by atoms with Gasteiger partial charge < -0.3 is 15.1 Å². The van der Waals surface area contributed by atoms with Gasteiger partial charge in [-0.1, -0.05) is 12.1 Å². The number of sulfonamides is 1. The summed E-state index contributed by atoms with van der Waals surface area (Å²) < 4.78 is 27.7. The van der Waals surface area contributed by atoms with Gasteiger partial charge in [0, 0.05) is 26.6 Å². The van der Waals surface area contributed by atoms with Gasteiger partial charge in [0.25, 0.3) is 0 Å². The Morgan fingerprint density at radius 1 is 1.22 bits per heavy atom. The maximum atomic E-state index is 11.2. The van der Waals surface area contributed by atoms with Gasteiger partial charge in [-0.3, -0.25) is 4.99 Å². The number of aliphatic imine (C=N–C) groups is 1. The van der Waals surface area contributed by atoms with Crippen LogP contribution in [0.1, 0.15) is 11.3 Å². The molecule has 1 heterocycles. The Hall–Kier alpha value is -2.32. The summed E-state index contributed by atoms with van der Waals surface area (Å²) in [5.74, 6) is 1.57. The lowest BCUT2D eigenvalue weighted by Crippen LogP contribution is -2.37. The Kier molecular flexibility index (Phi) is 5.78. The number of rotatable bonds is 6. The van der Waals surface area contributed by atoms with Gasteiger partial charge in [0.2, 0.25) is 10.0 Å². The molecular weight excluding hydrogens is 316 g/mol. The molecule has 1 aromatic carbocycles. The number of hydrogen-bond donors (Lipinski definition) is 3. The first-order valence-electron chi connectivity index (χ1n) is 7.07. The van der Waals surface area contributed by atoms with Crippen molar-refractivity contribution in [3.8, 4) is 0 Å². The smallest absolute Gasteiger partial charge is 0.238 e. The van der Waals surface area contributed by atoms with E-state index >= 15 is 0 Å². The highest BCUT2D eigenvalue weighted by molar-refractivity contribution is 7.89. The van der Waals surface area contributed by atoms with Crippen LogP contribution in [0.2, 0.25) is 0 Å². The number of nitrogens with zero attached hydrogens (tertiary/aromatic N) is 1. The summed E-state index contributed by atoms with van der Waals surface area (Å²) in [7, 11) is -1.97. The average Bonchev–Trinajstić information content (AvgIpc) is 3.03. The zero-order valence-electron chi connectivity index (χ0n) is 12.8. The van der Waals surface area contributed by atoms with Crippen LogP contribution >= 0.6 is 0 Å². The van der Waals surface area contributed by atoms with E-state index in [1.807, 2.05) is 12.1 Å². The monoisotopic (exact) mass is 336 g/mol. The number of guanidine groups is 1.